The first-order valence-corrected chi connectivity index (χ1v) is 13.0. The van der Waals surface area contributed by atoms with Gasteiger partial charge >= 0.3 is 6.03 Å². The maximum atomic E-state index is 13.9. The summed E-state index contributed by atoms with van der Waals surface area (Å²) in [4.78, 5) is 20.5. The topological polar surface area (TPSA) is 83.8 Å². The molecule has 0 aromatic heterocycles. The van der Waals surface area contributed by atoms with Crippen molar-refractivity contribution in [2.45, 2.75) is 45.1 Å². The molecular formula is C26H37ClF2N6O2. The predicted molar refractivity (Wildman–Crippen MR) is 144 cm³/mol. The third-order valence-electron chi connectivity index (χ3n) is 6.90. The smallest absolute Gasteiger partial charge is 0.322 e. The first-order chi connectivity index (χ1) is 17.6. The molecule has 3 unspecified atom stereocenters. The van der Waals surface area contributed by atoms with E-state index < -0.39 is 11.8 Å². The molecule has 8 nitrogen and oxygen atoms in total. The number of aliphatic imine (C=N–C) groups is 1. The number of rotatable bonds is 11. The fourth-order valence-corrected chi connectivity index (χ4v) is 5.01. The van der Waals surface area contributed by atoms with Gasteiger partial charge in [0, 0.05) is 62.7 Å². The van der Waals surface area contributed by atoms with Crippen LogP contribution in [0.1, 0.15) is 33.1 Å². The molecule has 0 radical (unpaired) electrons. The number of amides is 2. The van der Waals surface area contributed by atoms with E-state index in [1.54, 1.807) is 11.0 Å². The molecule has 3 aliphatic rings. The van der Waals surface area contributed by atoms with Crippen molar-refractivity contribution < 1.29 is 18.7 Å². The van der Waals surface area contributed by atoms with Crippen LogP contribution < -0.4 is 5.32 Å². The zero-order valence-electron chi connectivity index (χ0n) is 21.7. The molecule has 3 atom stereocenters. The third kappa shape index (κ3) is 7.19. The highest BCUT2D eigenvalue weighted by Crippen LogP contribution is 2.33. The monoisotopic (exact) mass is 538 g/mol. The highest BCUT2D eigenvalue weighted by Gasteiger charge is 2.37. The molecule has 0 spiro atoms. The van der Waals surface area contributed by atoms with Gasteiger partial charge in [0.05, 0.1) is 25.1 Å². The molecule has 3 heterocycles. The summed E-state index contributed by atoms with van der Waals surface area (Å²) in [5.74, 6) is -3.39. The summed E-state index contributed by atoms with van der Waals surface area (Å²) in [7, 11) is 1.94. The lowest BCUT2D eigenvalue weighted by molar-refractivity contribution is -0.0344. The normalized spacial score (nSPS) is 23.5. The van der Waals surface area contributed by atoms with Crippen LogP contribution in [0.4, 0.5) is 13.6 Å². The largest absolute Gasteiger partial charge is 0.394 e. The number of aliphatic hydroxyl groups is 1. The summed E-state index contributed by atoms with van der Waals surface area (Å²) >= 11 is 6.69. The van der Waals surface area contributed by atoms with Crippen molar-refractivity contribution in [2.75, 3.05) is 39.8 Å². The zero-order chi connectivity index (χ0) is 27.2. The molecule has 3 aliphatic heterocycles. The van der Waals surface area contributed by atoms with Crippen LogP contribution in [-0.4, -0.2) is 90.2 Å². The minimum absolute atomic E-state index is 0.0530. The number of likely N-dealkylation sites (N-methyl/N-ethyl adjacent to an activating group) is 1. The number of hydrogen-bond donors (Lipinski definition) is 2. The van der Waals surface area contributed by atoms with Gasteiger partial charge < -0.3 is 14.9 Å². The number of hydrazone groups is 1. The van der Waals surface area contributed by atoms with Crippen LogP contribution in [-0.2, 0) is 0 Å². The number of β-amino-alcohol motifs (C(OH)–C–C–N with tert-alkyl or cyclic N) is 1. The van der Waals surface area contributed by atoms with Crippen LogP contribution in [0.5, 0.6) is 0 Å². The molecule has 3 rings (SSSR count). The number of carbonyl (C=O) groups excluding carboxylic acids is 1. The van der Waals surface area contributed by atoms with Gasteiger partial charge in [-0.3, -0.25) is 10.3 Å². The Labute approximate surface area is 222 Å². The molecule has 204 valence electrons. The fraction of sp³-hybridized carbons (Fsp3) is 0.577. The number of halogens is 3. The second-order valence-corrected chi connectivity index (χ2v) is 9.91. The lowest BCUT2D eigenvalue weighted by atomic mass is 9.94. The minimum Gasteiger partial charge on any atom is -0.394 e. The Morgan fingerprint density at radius 3 is 2.73 bits per heavy atom. The van der Waals surface area contributed by atoms with E-state index in [9.17, 15) is 13.6 Å². The van der Waals surface area contributed by atoms with E-state index >= 15 is 0 Å². The van der Waals surface area contributed by atoms with Crippen LogP contribution in [0.2, 0.25) is 0 Å². The number of allylic oxidation sites excluding steroid dienone is 2. The zero-order valence-corrected chi connectivity index (χ0v) is 22.5. The third-order valence-corrected chi connectivity index (χ3v) is 7.21. The molecule has 0 aliphatic carbocycles. The average molecular weight is 539 g/mol. The number of carbonyl (C=O) groups is 1. The van der Waals surface area contributed by atoms with Gasteiger partial charge in [-0.05, 0) is 43.1 Å². The molecule has 2 N–H and O–H groups in total. The van der Waals surface area contributed by atoms with E-state index in [1.165, 1.54) is 13.1 Å². The highest BCUT2D eigenvalue weighted by atomic mass is 35.5. The van der Waals surface area contributed by atoms with Crippen molar-refractivity contribution in [1.29, 1.82) is 0 Å². The summed E-state index contributed by atoms with van der Waals surface area (Å²) in [6, 6.07) is -0.546. The van der Waals surface area contributed by atoms with Gasteiger partial charge in [-0.2, -0.15) is 5.10 Å². The molecule has 37 heavy (non-hydrogen) atoms. The van der Waals surface area contributed by atoms with Crippen molar-refractivity contribution in [1.82, 2.24) is 20.1 Å². The molecule has 0 saturated carbocycles. The van der Waals surface area contributed by atoms with Crippen molar-refractivity contribution in [3.63, 3.8) is 0 Å². The second-order valence-electron chi connectivity index (χ2n) is 9.48. The summed E-state index contributed by atoms with van der Waals surface area (Å²) in [6.45, 7) is 9.68. The van der Waals surface area contributed by atoms with Gasteiger partial charge in [-0.25, -0.2) is 18.6 Å². The Hall–Kier alpha value is -2.72. The summed E-state index contributed by atoms with van der Waals surface area (Å²) < 4.78 is 27.8. The number of urea groups is 1. The lowest BCUT2D eigenvalue weighted by Gasteiger charge is -2.34. The summed E-state index contributed by atoms with van der Waals surface area (Å²) in [6.07, 6.45) is 9.03. The fourth-order valence-electron chi connectivity index (χ4n) is 4.57. The van der Waals surface area contributed by atoms with E-state index in [1.807, 2.05) is 42.4 Å². The maximum Gasteiger partial charge on any atom is 0.322 e. The van der Waals surface area contributed by atoms with Gasteiger partial charge in [0.2, 0.25) is 0 Å². The Morgan fingerprint density at radius 1 is 1.38 bits per heavy atom. The van der Waals surface area contributed by atoms with E-state index in [0.29, 0.717) is 37.6 Å². The second kappa shape index (κ2) is 12.7. The Morgan fingerprint density at radius 2 is 2.14 bits per heavy atom. The van der Waals surface area contributed by atoms with Gasteiger partial charge in [0.25, 0.3) is 5.92 Å². The van der Waals surface area contributed by atoms with Crippen LogP contribution in [0.3, 0.4) is 0 Å². The minimum atomic E-state index is -2.81. The number of alkyl halides is 2. The predicted octanol–water partition coefficient (Wildman–Crippen LogP) is 4.17. The molecule has 11 heteroatoms. The Balaban J connectivity index is 1.52. The molecule has 0 fully saturated rings. The standard InChI is InChI=1S/C26H37ClF2N6O2/c1-5-26(28,29)21-7-8-23(30-15-21)32-25(37)34(6-2)10-9-18(3)24-22(27)13-19(16-33(24)4)20-14-31-35(17-20)11-12-36/h8,13-16,20-21,24,36H,3,5-7,9-12,17H2,1-2,4H3,(H,32,37). The number of hydrogen-bond acceptors (Lipinski definition) is 6. The van der Waals surface area contributed by atoms with E-state index in [0.717, 1.165) is 11.1 Å². The van der Waals surface area contributed by atoms with Crippen LogP contribution in [0.25, 0.3) is 0 Å². The van der Waals surface area contributed by atoms with Gasteiger partial charge in [-0.15, -0.1) is 0 Å². The van der Waals surface area contributed by atoms with E-state index in [2.05, 4.69) is 22.0 Å². The van der Waals surface area contributed by atoms with E-state index in [4.69, 9.17) is 16.7 Å². The van der Waals surface area contributed by atoms with Crippen molar-refractivity contribution >= 4 is 30.1 Å². The summed E-state index contributed by atoms with van der Waals surface area (Å²) in [5.41, 5.74) is 1.90. The lowest BCUT2D eigenvalue weighted by Crippen LogP contribution is -2.41. The van der Waals surface area contributed by atoms with E-state index in [-0.39, 0.29) is 43.3 Å². The van der Waals surface area contributed by atoms with Gasteiger partial charge in [0.1, 0.15) is 5.82 Å². The first kappa shape index (κ1) is 28.8. The molecule has 2 amide bonds. The quantitative estimate of drug-likeness (QED) is 0.387. The van der Waals surface area contributed by atoms with Gasteiger partial charge in [-0.1, -0.05) is 25.1 Å². The van der Waals surface area contributed by atoms with Crippen LogP contribution in [0, 0.1) is 11.8 Å². The number of aliphatic hydroxyl groups excluding tert-OH is 1. The van der Waals surface area contributed by atoms with Gasteiger partial charge in [0.15, 0.2) is 0 Å². The summed E-state index contributed by atoms with van der Waals surface area (Å²) in [5, 5.41) is 18.7. The average Bonchev–Trinajstić information content (AvgIpc) is 3.33. The Bertz CT molecular complexity index is 1010. The van der Waals surface area contributed by atoms with Crippen LogP contribution in [0.15, 0.2) is 57.0 Å². The first-order valence-electron chi connectivity index (χ1n) is 12.7. The number of nitrogens with one attached hydrogen (secondary N) is 1. The molecule has 0 bridgehead atoms. The molecule has 0 saturated heterocycles. The molecule has 0 aromatic carbocycles. The Kier molecular flexibility index (Phi) is 9.89. The van der Waals surface area contributed by atoms with Crippen molar-refractivity contribution in [3.05, 3.63) is 46.9 Å². The maximum absolute atomic E-state index is 13.9. The molecular weight excluding hydrogens is 502 g/mol. The highest BCUT2D eigenvalue weighted by molar-refractivity contribution is 6.30. The van der Waals surface area contributed by atoms with Crippen molar-refractivity contribution in [2.24, 2.45) is 21.9 Å². The van der Waals surface area contributed by atoms with Crippen LogP contribution >= 0.6 is 11.6 Å². The number of nitrogens with zero attached hydrogens (tertiary/aromatic N) is 5. The SMILES string of the molecule is C=C(CCN(CC)C(=O)NC1=CCC(C(F)(F)CC)C=N1)C1C(Cl)=CC(C2C=NN(CCO)C2)=CN1C. The van der Waals surface area contributed by atoms with Crippen molar-refractivity contribution in [3.8, 4) is 0 Å². The molecule has 0 aromatic rings.